The molecule has 0 spiro atoms. The van der Waals surface area contributed by atoms with Crippen molar-refractivity contribution in [1.29, 1.82) is 0 Å². The van der Waals surface area contributed by atoms with E-state index < -0.39 is 0 Å². The fraction of sp³-hybridized carbons (Fsp3) is 0.286. The van der Waals surface area contributed by atoms with Crippen molar-refractivity contribution >= 4 is 12.2 Å². The van der Waals surface area contributed by atoms with Crippen molar-refractivity contribution in [3.63, 3.8) is 0 Å². The Hall–Kier alpha value is -0.630. The van der Waals surface area contributed by atoms with Crippen LogP contribution >= 0.6 is 12.2 Å². The molecule has 1 aromatic heterocycles. The maximum atomic E-state index is 4.95. The van der Waals surface area contributed by atoms with Gasteiger partial charge in [-0.15, -0.1) is 0 Å². The number of H-pyrrole nitrogens is 1. The summed E-state index contributed by atoms with van der Waals surface area (Å²) in [6.45, 7) is 2.10. The molecule has 9 heavy (non-hydrogen) atoms. The van der Waals surface area contributed by atoms with E-state index in [9.17, 15) is 0 Å². The van der Waals surface area contributed by atoms with Gasteiger partial charge in [-0.1, -0.05) is 19.1 Å². The molecule has 0 fully saturated rings. The van der Waals surface area contributed by atoms with Gasteiger partial charge in [-0.3, -0.25) is 0 Å². The molecule has 0 aliphatic heterocycles. The van der Waals surface area contributed by atoms with Crippen LogP contribution in [-0.4, -0.2) is 4.98 Å². The zero-order chi connectivity index (χ0) is 6.69. The molecule has 2 heteroatoms. The predicted octanol–water partition coefficient (Wildman–Crippen LogP) is 2.31. The third-order valence-corrected chi connectivity index (χ3v) is 1.47. The van der Waals surface area contributed by atoms with Gasteiger partial charge in [0.25, 0.3) is 0 Å². The van der Waals surface area contributed by atoms with Crippen molar-refractivity contribution < 1.29 is 0 Å². The molecular formula is C7H9NS. The van der Waals surface area contributed by atoms with Crippen LogP contribution in [0.2, 0.25) is 0 Å². The molecule has 0 aromatic carbocycles. The van der Waals surface area contributed by atoms with Crippen LogP contribution < -0.4 is 0 Å². The zero-order valence-electron chi connectivity index (χ0n) is 5.35. The molecule has 0 saturated carbocycles. The minimum Gasteiger partial charge on any atom is -0.365 e. The Labute approximate surface area is 59.7 Å². The Bertz CT molecular complexity index is 239. The highest BCUT2D eigenvalue weighted by atomic mass is 32.1. The van der Waals surface area contributed by atoms with Crippen molar-refractivity contribution in [3.8, 4) is 0 Å². The maximum Gasteiger partial charge on any atom is 0.0408 e. The van der Waals surface area contributed by atoms with Gasteiger partial charge in [-0.2, -0.15) is 0 Å². The molecule has 1 aromatic rings. The summed E-state index contributed by atoms with van der Waals surface area (Å²) in [5.74, 6) is 0. The van der Waals surface area contributed by atoms with Crippen LogP contribution in [0.1, 0.15) is 12.6 Å². The average molecular weight is 139 g/mol. The standard InChI is InChI=1S/C7H9NS/c1-2-6-5-7(9)3-4-8-6/h3-5H,2H2,1H3,(H,8,9). The van der Waals surface area contributed by atoms with E-state index in [2.05, 4.69) is 11.9 Å². The molecule has 0 saturated heterocycles. The van der Waals surface area contributed by atoms with Crippen LogP contribution in [0.5, 0.6) is 0 Å². The predicted molar refractivity (Wildman–Crippen MR) is 41.0 cm³/mol. The second-order valence-electron chi connectivity index (χ2n) is 1.90. The number of hydrogen-bond donors (Lipinski definition) is 1. The normalized spacial score (nSPS) is 9.44. The van der Waals surface area contributed by atoms with Crippen LogP contribution in [0, 0.1) is 4.51 Å². The molecule has 1 N–H and O–H groups in total. The molecule has 0 amide bonds. The average Bonchev–Trinajstić information content (AvgIpc) is 1.88. The number of hydrogen-bond acceptors (Lipinski definition) is 1. The van der Waals surface area contributed by atoms with Gasteiger partial charge in [0, 0.05) is 16.4 Å². The molecule has 1 rings (SSSR count). The van der Waals surface area contributed by atoms with Crippen molar-refractivity contribution in [1.82, 2.24) is 4.98 Å². The fourth-order valence-electron chi connectivity index (χ4n) is 0.696. The van der Waals surface area contributed by atoms with Crippen LogP contribution in [-0.2, 0) is 6.42 Å². The third kappa shape index (κ3) is 1.64. The van der Waals surface area contributed by atoms with Crippen molar-refractivity contribution in [3.05, 3.63) is 28.5 Å². The SMILES string of the molecule is CCc1cc(=S)cc[nH]1. The first-order valence-corrected chi connectivity index (χ1v) is 3.41. The van der Waals surface area contributed by atoms with Gasteiger partial charge in [-0.25, -0.2) is 0 Å². The van der Waals surface area contributed by atoms with Gasteiger partial charge < -0.3 is 4.98 Å². The topological polar surface area (TPSA) is 15.8 Å². The Balaban J connectivity index is 3.08. The van der Waals surface area contributed by atoms with Crippen LogP contribution in [0.4, 0.5) is 0 Å². The molecule has 1 heterocycles. The lowest BCUT2D eigenvalue weighted by atomic mass is 10.3. The summed E-state index contributed by atoms with van der Waals surface area (Å²) in [5, 5.41) is 0. The van der Waals surface area contributed by atoms with E-state index in [4.69, 9.17) is 12.2 Å². The lowest BCUT2D eigenvalue weighted by molar-refractivity contribution is 1.03. The number of pyridine rings is 1. The first-order valence-electron chi connectivity index (χ1n) is 3.00. The highest BCUT2D eigenvalue weighted by Crippen LogP contribution is 1.95. The summed E-state index contributed by atoms with van der Waals surface area (Å²) in [5.41, 5.74) is 1.20. The molecular weight excluding hydrogens is 130 g/mol. The lowest BCUT2D eigenvalue weighted by Crippen LogP contribution is -1.82. The van der Waals surface area contributed by atoms with E-state index in [1.165, 1.54) is 5.69 Å². The highest BCUT2D eigenvalue weighted by molar-refractivity contribution is 7.71. The molecule has 48 valence electrons. The van der Waals surface area contributed by atoms with Gasteiger partial charge in [0.15, 0.2) is 0 Å². The summed E-state index contributed by atoms with van der Waals surface area (Å²) < 4.78 is 0.908. The van der Waals surface area contributed by atoms with Gasteiger partial charge in [0.1, 0.15) is 0 Å². The quantitative estimate of drug-likeness (QED) is 0.590. The van der Waals surface area contributed by atoms with E-state index in [1.807, 2.05) is 18.3 Å². The van der Waals surface area contributed by atoms with Crippen LogP contribution in [0.3, 0.4) is 0 Å². The number of nitrogens with one attached hydrogen (secondary N) is 1. The second kappa shape index (κ2) is 2.78. The molecule has 1 nitrogen and oxygen atoms in total. The second-order valence-corrected chi connectivity index (χ2v) is 2.37. The zero-order valence-corrected chi connectivity index (χ0v) is 6.16. The molecule has 0 aliphatic rings. The van der Waals surface area contributed by atoms with Gasteiger partial charge in [-0.05, 0) is 18.6 Å². The summed E-state index contributed by atoms with van der Waals surface area (Å²) in [4.78, 5) is 3.09. The van der Waals surface area contributed by atoms with E-state index >= 15 is 0 Å². The number of aromatic amines is 1. The Morgan fingerprint density at radius 2 is 2.44 bits per heavy atom. The molecule has 0 bridgehead atoms. The van der Waals surface area contributed by atoms with Gasteiger partial charge in [0.2, 0.25) is 0 Å². The van der Waals surface area contributed by atoms with E-state index in [1.54, 1.807) is 0 Å². The monoisotopic (exact) mass is 139 g/mol. The van der Waals surface area contributed by atoms with Crippen LogP contribution in [0.25, 0.3) is 0 Å². The summed E-state index contributed by atoms with van der Waals surface area (Å²) in [6.07, 6.45) is 2.89. The number of aromatic nitrogens is 1. The third-order valence-electron chi connectivity index (χ3n) is 1.21. The summed E-state index contributed by atoms with van der Waals surface area (Å²) >= 11 is 4.95. The van der Waals surface area contributed by atoms with Crippen molar-refractivity contribution in [2.24, 2.45) is 0 Å². The molecule has 0 atom stereocenters. The Morgan fingerprint density at radius 3 is 2.89 bits per heavy atom. The number of aryl methyl sites for hydroxylation is 1. The minimum absolute atomic E-state index is 0.908. The number of rotatable bonds is 1. The van der Waals surface area contributed by atoms with E-state index in [0.29, 0.717) is 0 Å². The van der Waals surface area contributed by atoms with Crippen molar-refractivity contribution in [2.75, 3.05) is 0 Å². The Morgan fingerprint density at radius 1 is 1.67 bits per heavy atom. The van der Waals surface area contributed by atoms with Crippen molar-refractivity contribution in [2.45, 2.75) is 13.3 Å². The van der Waals surface area contributed by atoms with Crippen LogP contribution in [0.15, 0.2) is 18.3 Å². The minimum atomic E-state index is 0.908. The fourth-order valence-corrected chi connectivity index (χ4v) is 0.907. The molecule has 0 unspecified atom stereocenters. The maximum absolute atomic E-state index is 4.95. The summed E-state index contributed by atoms with van der Waals surface area (Å²) in [6, 6.07) is 3.86. The largest absolute Gasteiger partial charge is 0.365 e. The smallest absolute Gasteiger partial charge is 0.0408 e. The Kier molecular flexibility index (Phi) is 2.01. The van der Waals surface area contributed by atoms with Gasteiger partial charge >= 0.3 is 0 Å². The van der Waals surface area contributed by atoms with E-state index in [-0.39, 0.29) is 0 Å². The highest BCUT2D eigenvalue weighted by Gasteiger charge is 1.83. The first-order chi connectivity index (χ1) is 4.33. The molecule has 0 aliphatic carbocycles. The van der Waals surface area contributed by atoms with E-state index in [0.717, 1.165) is 10.9 Å². The first kappa shape index (κ1) is 6.49. The molecule has 0 radical (unpaired) electrons. The lowest BCUT2D eigenvalue weighted by Gasteiger charge is -1.92. The van der Waals surface area contributed by atoms with Gasteiger partial charge in [0.05, 0.1) is 0 Å². The summed E-state index contributed by atoms with van der Waals surface area (Å²) in [7, 11) is 0.